The van der Waals surface area contributed by atoms with Crippen LogP contribution in [0.2, 0.25) is 0 Å². The third kappa shape index (κ3) is 4.77. The van der Waals surface area contributed by atoms with Gasteiger partial charge in [-0.25, -0.2) is 0 Å². The van der Waals surface area contributed by atoms with Crippen molar-refractivity contribution in [1.82, 2.24) is 10.2 Å². The normalized spacial score (nSPS) is 16.9. The zero-order chi connectivity index (χ0) is 19.4. The summed E-state index contributed by atoms with van der Waals surface area (Å²) in [5.74, 6) is -1.91. The standard InChI is InChI=1S/C19H18F3N3OS/c20-19(21,22)17(26)23-14-10-11-25(12-14)18(27)24-16-9-5-4-8-15(16)13-6-2-1-3-7-13/h1-9,14H,10-12H2,(H,23,26)(H,24,27). The SMILES string of the molecule is O=C(NC1CCN(C(=S)Nc2ccccc2-c2ccccc2)C1)C(F)(F)F. The number of rotatable bonds is 3. The van der Waals surface area contributed by atoms with Gasteiger partial charge < -0.3 is 15.5 Å². The van der Waals surface area contributed by atoms with Crippen molar-refractivity contribution in [3.05, 3.63) is 54.6 Å². The van der Waals surface area contributed by atoms with Crippen molar-refractivity contribution < 1.29 is 18.0 Å². The molecule has 4 nitrogen and oxygen atoms in total. The molecular formula is C19H18F3N3OS. The van der Waals surface area contributed by atoms with E-state index in [1.807, 2.05) is 59.9 Å². The molecule has 8 heteroatoms. The summed E-state index contributed by atoms with van der Waals surface area (Å²) in [6.45, 7) is 0.712. The number of thiocarbonyl (C=S) groups is 1. The van der Waals surface area contributed by atoms with Crippen LogP contribution in [0.3, 0.4) is 0 Å². The van der Waals surface area contributed by atoms with E-state index in [1.54, 1.807) is 4.90 Å². The third-order valence-corrected chi connectivity index (χ3v) is 4.68. The summed E-state index contributed by atoms with van der Waals surface area (Å²) in [6, 6.07) is 16.9. The van der Waals surface area contributed by atoms with Crippen LogP contribution >= 0.6 is 12.2 Å². The number of benzene rings is 2. The maximum Gasteiger partial charge on any atom is 0.471 e. The van der Waals surface area contributed by atoms with Gasteiger partial charge in [-0.05, 0) is 30.3 Å². The predicted molar refractivity (Wildman–Crippen MR) is 102 cm³/mol. The van der Waals surface area contributed by atoms with Gasteiger partial charge in [-0.3, -0.25) is 4.79 Å². The number of hydrogen-bond acceptors (Lipinski definition) is 2. The fraction of sp³-hybridized carbons (Fsp3) is 0.263. The number of amides is 1. The van der Waals surface area contributed by atoms with Crippen molar-refractivity contribution in [3.8, 4) is 11.1 Å². The maximum absolute atomic E-state index is 12.4. The highest BCUT2D eigenvalue weighted by molar-refractivity contribution is 7.80. The van der Waals surface area contributed by atoms with E-state index in [0.717, 1.165) is 16.8 Å². The zero-order valence-electron chi connectivity index (χ0n) is 14.3. The van der Waals surface area contributed by atoms with Crippen molar-refractivity contribution in [1.29, 1.82) is 0 Å². The van der Waals surface area contributed by atoms with Crippen LogP contribution in [0.5, 0.6) is 0 Å². The number of nitrogens with one attached hydrogen (secondary N) is 2. The molecule has 1 heterocycles. The van der Waals surface area contributed by atoms with E-state index in [0.29, 0.717) is 18.1 Å². The van der Waals surface area contributed by atoms with E-state index in [9.17, 15) is 18.0 Å². The molecule has 1 saturated heterocycles. The lowest BCUT2D eigenvalue weighted by Crippen LogP contribution is -2.45. The van der Waals surface area contributed by atoms with Crippen LogP contribution in [-0.2, 0) is 4.79 Å². The summed E-state index contributed by atoms with van der Waals surface area (Å²) >= 11 is 5.43. The largest absolute Gasteiger partial charge is 0.471 e. The Morgan fingerprint density at radius 2 is 1.74 bits per heavy atom. The number of carbonyl (C=O) groups excluding carboxylic acids is 1. The van der Waals surface area contributed by atoms with Gasteiger partial charge in [0.15, 0.2) is 5.11 Å². The summed E-state index contributed by atoms with van der Waals surface area (Å²) in [4.78, 5) is 12.8. The Morgan fingerprint density at radius 1 is 1.07 bits per heavy atom. The van der Waals surface area contributed by atoms with E-state index in [1.165, 1.54) is 0 Å². The third-order valence-electron chi connectivity index (χ3n) is 4.32. The Kier molecular flexibility index (Phi) is 5.65. The Morgan fingerprint density at radius 3 is 2.44 bits per heavy atom. The summed E-state index contributed by atoms with van der Waals surface area (Å²) in [6.07, 6.45) is -4.47. The van der Waals surface area contributed by atoms with E-state index < -0.39 is 18.1 Å². The van der Waals surface area contributed by atoms with Crippen molar-refractivity contribution in [2.75, 3.05) is 18.4 Å². The molecular weight excluding hydrogens is 375 g/mol. The highest BCUT2D eigenvalue weighted by Crippen LogP contribution is 2.28. The van der Waals surface area contributed by atoms with E-state index in [2.05, 4.69) is 5.32 Å². The molecule has 2 aromatic rings. The molecule has 2 aromatic carbocycles. The minimum absolute atomic E-state index is 0.237. The van der Waals surface area contributed by atoms with Crippen LogP contribution in [0, 0.1) is 0 Å². The number of halogens is 3. The number of para-hydroxylation sites is 1. The van der Waals surface area contributed by atoms with Crippen LogP contribution in [-0.4, -0.2) is 41.2 Å². The highest BCUT2D eigenvalue weighted by atomic mass is 32.1. The molecule has 0 saturated carbocycles. The Hall–Kier alpha value is -2.61. The molecule has 0 aliphatic carbocycles. The molecule has 0 radical (unpaired) electrons. The van der Waals surface area contributed by atoms with Gasteiger partial charge in [0, 0.05) is 30.4 Å². The number of hydrogen-bond donors (Lipinski definition) is 2. The smallest absolute Gasteiger partial charge is 0.347 e. The van der Waals surface area contributed by atoms with Gasteiger partial charge in [0.2, 0.25) is 0 Å². The van der Waals surface area contributed by atoms with Gasteiger partial charge in [0.05, 0.1) is 0 Å². The molecule has 1 unspecified atom stereocenters. The van der Waals surface area contributed by atoms with E-state index in [4.69, 9.17) is 12.2 Å². The molecule has 1 atom stereocenters. The fourth-order valence-electron chi connectivity index (χ4n) is 2.99. The van der Waals surface area contributed by atoms with Gasteiger partial charge in [-0.2, -0.15) is 13.2 Å². The molecule has 142 valence electrons. The number of nitrogens with zero attached hydrogens (tertiary/aromatic N) is 1. The van der Waals surface area contributed by atoms with Gasteiger partial charge in [0.25, 0.3) is 0 Å². The lowest BCUT2D eigenvalue weighted by Gasteiger charge is -2.22. The second-order valence-corrected chi connectivity index (χ2v) is 6.63. The summed E-state index contributed by atoms with van der Waals surface area (Å²) < 4.78 is 37.2. The molecule has 2 N–H and O–H groups in total. The second-order valence-electron chi connectivity index (χ2n) is 6.24. The van der Waals surface area contributed by atoms with Crippen molar-refractivity contribution in [2.24, 2.45) is 0 Å². The predicted octanol–water partition coefficient (Wildman–Crippen LogP) is 3.80. The quantitative estimate of drug-likeness (QED) is 0.779. The first-order chi connectivity index (χ1) is 12.8. The summed E-state index contributed by atoms with van der Waals surface area (Å²) in [5, 5.41) is 5.61. The maximum atomic E-state index is 12.4. The average Bonchev–Trinajstić information content (AvgIpc) is 3.11. The second kappa shape index (κ2) is 7.96. The monoisotopic (exact) mass is 393 g/mol. The molecule has 0 bridgehead atoms. The van der Waals surface area contributed by atoms with Crippen LogP contribution in [0.4, 0.5) is 18.9 Å². The lowest BCUT2D eigenvalue weighted by atomic mass is 10.0. The van der Waals surface area contributed by atoms with Gasteiger partial charge in [-0.15, -0.1) is 0 Å². The van der Waals surface area contributed by atoms with Crippen molar-refractivity contribution in [3.63, 3.8) is 0 Å². The lowest BCUT2D eigenvalue weighted by molar-refractivity contribution is -0.174. The summed E-state index contributed by atoms with van der Waals surface area (Å²) in [7, 11) is 0. The van der Waals surface area contributed by atoms with Gasteiger partial charge in [0.1, 0.15) is 0 Å². The summed E-state index contributed by atoms with van der Waals surface area (Å²) in [5.41, 5.74) is 2.82. The first-order valence-corrected chi connectivity index (χ1v) is 8.83. The number of alkyl halides is 3. The number of carbonyl (C=O) groups is 1. The average molecular weight is 393 g/mol. The number of anilines is 1. The van der Waals surface area contributed by atoms with Crippen LogP contribution in [0.25, 0.3) is 11.1 Å². The molecule has 1 aliphatic heterocycles. The Bertz CT molecular complexity index is 826. The topological polar surface area (TPSA) is 44.4 Å². The first kappa shape index (κ1) is 19.2. The number of likely N-dealkylation sites (tertiary alicyclic amines) is 1. The fourth-order valence-corrected chi connectivity index (χ4v) is 3.26. The van der Waals surface area contributed by atoms with Crippen LogP contribution in [0.15, 0.2) is 54.6 Å². The highest BCUT2D eigenvalue weighted by Gasteiger charge is 2.40. The van der Waals surface area contributed by atoms with Crippen molar-refractivity contribution in [2.45, 2.75) is 18.6 Å². The van der Waals surface area contributed by atoms with E-state index in [-0.39, 0.29) is 6.54 Å². The molecule has 0 spiro atoms. The zero-order valence-corrected chi connectivity index (χ0v) is 15.1. The molecule has 0 aromatic heterocycles. The van der Waals surface area contributed by atoms with Gasteiger partial charge >= 0.3 is 12.1 Å². The van der Waals surface area contributed by atoms with Crippen molar-refractivity contribution >= 4 is 28.9 Å². The van der Waals surface area contributed by atoms with Gasteiger partial charge in [-0.1, -0.05) is 48.5 Å². The molecule has 1 amide bonds. The Balaban J connectivity index is 1.65. The van der Waals surface area contributed by atoms with Crippen LogP contribution in [0.1, 0.15) is 6.42 Å². The first-order valence-electron chi connectivity index (χ1n) is 8.42. The minimum Gasteiger partial charge on any atom is -0.347 e. The molecule has 3 rings (SSSR count). The molecule has 27 heavy (non-hydrogen) atoms. The molecule has 1 fully saturated rings. The Labute approximate surface area is 160 Å². The minimum atomic E-state index is -4.87. The molecule has 1 aliphatic rings. The van der Waals surface area contributed by atoms with E-state index >= 15 is 0 Å². The van der Waals surface area contributed by atoms with Crippen LogP contribution < -0.4 is 10.6 Å².